The lowest BCUT2D eigenvalue weighted by Gasteiger charge is -2.11. The number of methoxy groups -OCH3 is 1. The Kier molecular flexibility index (Phi) is 6.62. The molecule has 31 heavy (non-hydrogen) atoms. The molecule has 0 aliphatic carbocycles. The number of carbonyl (C=O) groups excluding carboxylic acids is 2. The molecule has 0 bridgehead atoms. The van der Waals surface area contributed by atoms with E-state index in [1.165, 1.54) is 42.1 Å². The Labute approximate surface area is 183 Å². The van der Waals surface area contributed by atoms with Crippen LogP contribution in [0.25, 0.3) is 5.69 Å². The van der Waals surface area contributed by atoms with Crippen molar-refractivity contribution in [2.75, 3.05) is 18.4 Å². The topological polar surface area (TPSA) is 117 Å². The minimum absolute atomic E-state index is 0.0418. The van der Waals surface area contributed by atoms with Crippen molar-refractivity contribution >= 4 is 39.3 Å². The van der Waals surface area contributed by atoms with Crippen molar-refractivity contribution in [1.29, 1.82) is 0 Å². The Balaban J connectivity index is 1.81. The third-order valence-corrected chi connectivity index (χ3v) is 5.96. The molecule has 0 atom stereocenters. The summed E-state index contributed by atoms with van der Waals surface area (Å²) >= 11 is 6.03. The summed E-state index contributed by atoms with van der Waals surface area (Å²) in [6.07, 6.45) is 1.59. The summed E-state index contributed by atoms with van der Waals surface area (Å²) in [5.74, 6) is -1.21. The van der Waals surface area contributed by atoms with E-state index in [0.717, 1.165) is 6.07 Å². The van der Waals surface area contributed by atoms with Crippen LogP contribution in [0.4, 0.5) is 5.69 Å². The lowest BCUT2D eigenvalue weighted by atomic mass is 10.2. The Morgan fingerprint density at radius 2 is 1.81 bits per heavy atom. The van der Waals surface area contributed by atoms with Crippen LogP contribution in [0.15, 0.2) is 59.6 Å². The summed E-state index contributed by atoms with van der Waals surface area (Å²) in [4.78, 5) is 23.2. The second-order valence-electron chi connectivity index (χ2n) is 6.16. The molecule has 1 aromatic heterocycles. The van der Waals surface area contributed by atoms with E-state index in [1.807, 2.05) is 0 Å². The Morgan fingerprint density at radius 1 is 1.10 bits per heavy atom. The normalized spacial score (nSPS) is 11.1. The van der Waals surface area contributed by atoms with E-state index in [0.29, 0.717) is 5.69 Å². The quantitative estimate of drug-likeness (QED) is 0.534. The van der Waals surface area contributed by atoms with Gasteiger partial charge < -0.3 is 9.47 Å². The second-order valence-corrected chi connectivity index (χ2v) is 8.21. The van der Waals surface area contributed by atoms with Crippen molar-refractivity contribution < 1.29 is 27.5 Å². The summed E-state index contributed by atoms with van der Waals surface area (Å²) in [7, 11) is -2.88. The minimum Gasteiger partial charge on any atom is -0.465 e. The van der Waals surface area contributed by atoms with Crippen LogP contribution in [0.5, 0.6) is 0 Å². The first-order chi connectivity index (χ1) is 14.7. The van der Waals surface area contributed by atoms with E-state index in [2.05, 4.69) is 14.6 Å². The summed E-state index contributed by atoms with van der Waals surface area (Å²) in [5, 5.41) is 4.10. The number of aromatic nitrogens is 2. The van der Waals surface area contributed by atoms with Gasteiger partial charge in [0, 0.05) is 11.9 Å². The molecule has 0 fully saturated rings. The van der Waals surface area contributed by atoms with Crippen LogP contribution in [0.2, 0.25) is 5.02 Å². The highest BCUT2D eigenvalue weighted by atomic mass is 35.5. The van der Waals surface area contributed by atoms with Gasteiger partial charge in [-0.3, -0.25) is 4.72 Å². The van der Waals surface area contributed by atoms with Gasteiger partial charge in [0.15, 0.2) is 5.69 Å². The monoisotopic (exact) mass is 463 g/mol. The number of benzene rings is 2. The van der Waals surface area contributed by atoms with Gasteiger partial charge in [-0.1, -0.05) is 11.6 Å². The van der Waals surface area contributed by atoms with Gasteiger partial charge in [-0.2, -0.15) is 5.10 Å². The molecule has 0 unspecified atom stereocenters. The molecule has 3 rings (SSSR count). The van der Waals surface area contributed by atoms with E-state index < -0.39 is 22.0 Å². The number of nitrogens with one attached hydrogen (secondary N) is 1. The zero-order chi connectivity index (χ0) is 22.6. The van der Waals surface area contributed by atoms with Crippen LogP contribution in [-0.4, -0.2) is 43.9 Å². The molecule has 3 aromatic rings. The minimum atomic E-state index is -4.07. The van der Waals surface area contributed by atoms with Crippen LogP contribution in [0.1, 0.15) is 27.8 Å². The molecule has 11 heteroatoms. The molecule has 0 spiro atoms. The number of hydrogen-bond acceptors (Lipinski definition) is 7. The number of anilines is 1. The fraction of sp³-hybridized carbons (Fsp3) is 0.150. The Bertz CT molecular complexity index is 1220. The molecule has 2 aromatic carbocycles. The molecular formula is C20H18ClN3O6S. The van der Waals surface area contributed by atoms with Crippen molar-refractivity contribution in [2.24, 2.45) is 0 Å². The fourth-order valence-electron chi connectivity index (χ4n) is 2.63. The molecule has 0 saturated carbocycles. The fourth-order valence-corrected chi connectivity index (χ4v) is 4.21. The van der Waals surface area contributed by atoms with Gasteiger partial charge in [-0.15, -0.1) is 0 Å². The third kappa shape index (κ3) is 5.04. The maximum atomic E-state index is 12.8. The van der Waals surface area contributed by atoms with E-state index in [9.17, 15) is 18.0 Å². The third-order valence-electron chi connectivity index (χ3n) is 4.10. The summed E-state index contributed by atoms with van der Waals surface area (Å²) in [5.41, 5.74) is 1.08. The van der Waals surface area contributed by atoms with Crippen molar-refractivity contribution in [3.8, 4) is 5.69 Å². The molecule has 0 aliphatic rings. The van der Waals surface area contributed by atoms with Crippen LogP contribution in [-0.2, 0) is 19.5 Å². The molecule has 9 nitrogen and oxygen atoms in total. The van der Waals surface area contributed by atoms with E-state index in [1.54, 1.807) is 25.3 Å². The molecule has 0 radical (unpaired) electrons. The molecular weight excluding hydrogens is 446 g/mol. The predicted octanol–water partition coefficient (Wildman–Crippen LogP) is 3.29. The number of hydrogen-bond donors (Lipinski definition) is 1. The maximum Gasteiger partial charge on any atom is 0.358 e. The van der Waals surface area contributed by atoms with Gasteiger partial charge in [-0.25, -0.2) is 22.7 Å². The van der Waals surface area contributed by atoms with Gasteiger partial charge in [0.25, 0.3) is 10.0 Å². The number of esters is 2. The van der Waals surface area contributed by atoms with Gasteiger partial charge in [0.2, 0.25) is 0 Å². The number of ether oxygens (including phenoxy) is 2. The molecule has 0 aliphatic heterocycles. The summed E-state index contributed by atoms with van der Waals surface area (Å²) < 4.78 is 38.9. The number of rotatable bonds is 7. The van der Waals surface area contributed by atoms with Gasteiger partial charge in [0.05, 0.1) is 30.0 Å². The Morgan fingerprint density at radius 3 is 2.45 bits per heavy atom. The highest BCUT2D eigenvalue weighted by molar-refractivity contribution is 7.92. The summed E-state index contributed by atoms with van der Waals surface area (Å²) in [6, 6.07) is 11.6. The number of carbonyl (C=O) groups is 2. The number of sulfonamides is 1. The van der Waals surface area contributed by atoms with Crippen molar-refractivity contribution in [2.45, 2.75) is 11.8 Å². The zero-order valence-corrected chi connectivity index (χ0v) is 18.1. The number of halogens is 1. The van der Waals surface area contributed by atoms with Crippen LogP contribution in [0, 0.1) is 0 Å². The molecule has 0 amide bonds. The average Bonchev–Trinajstić information content (AvgIpc) is 3.24. The van der Waals surface area contributed by atoms with Crippen molar-refractivity contribution in [3.63, 3.8) is 0 Å². The lowest BCUT2D eigenvalue weighted by molar-refractivity contribution is 0.0518. The van der Waals surface area contributed by atoms with Crippen molar-refractivity contribution in [3.05, 3.63) is 71.0 Å². The van der Waals surface area contributed by atoms with E-state index in [4.69, 9.17) is 16.3 Å². The molecule has 1 heterocycles. The smallest absolute Gasteiger partial charge is 0.358 e. The zero-order valence-electron chi connectivity index (χ0n) is 16.5. The average molecular weight is 464 g/mol. The van der Waals surface area contributed by atoms with Crippen LogP contribution >= 0.6 is 11.6 Å². The highest BCUT2D eigenvalue weighted by Gasteiger charge is 2.21. The van der Waals surface area contributed by atoms with Crippen molar-refractivity contribution in [1.82, 2.24) is 9.78 Å². The van der Waals surface area contributed by atoms with E-state index >= 15 is 0 Å². The second kappa shape index (κ2) is 9.19. The first-order valence-corrected chi connectivity index (χ1v) is 10.8. The largest absolute Gasteiger partial charge is 0.465 e. The highest BCUT2D eigenvalue weighted by Crippen LogP contribution is 2.26. The van der Waals surface area contributed by atoms with Gasteiger partial charge >= 0.3 is 11.9 Å². The van der Waals surface area contributed by atoms with Crippen LogP contribution in [0.3, 0.4) is 0 Å². The summed E-state index contributed by atoms with van der Waals surface area (Å²) in [6.45, 7) is 1.95. The maximum absolute atomic E-state index is 12.8. The lowest BCUT2D eigenvalue weighted by Crippen LogP contribution is -2.14. The first-order valence-electron chi connectivity index (χ1n) is 8.99. The molecule has 1 N–H and O–H groups in total. The standard InChI is InChI=1S/C20H18ClN3O6S/c1-3-30-20(26)17-10-11-24(22-17)15-7-5-14(6-8-15)23-31(27,28)18-12-13(19(25)29-2)4-9-16(18)21/h4-12,23H,3H2,1-2H3. The van der Waals surface area contributed by atoms with Gasteiger partial charge in [-0.05, 0) is 55.5 Å². The number of nitrogens with zero attached hydrogens (tertiary/aromatic N) is 2. The molecule has 162 valence electrons. The first kappa shape index (κ1) is 22.3. The Hall–Kier alpha value is -3.37. The van der Waals surface area contributed by atoms with E-state index in [-0.39, 0.29) is 33.5 Å². The van der Waals surface area contributed by atoms with Gasteiger partial charge in [0.1, 0.15) is 4.90 Å². The predicted molar refractivity (Wildman–Crippen MR) is 113 cm³/mol. The molecule has 0 saturated heterocycles. The SMILES string of the molecule is CCOC(=O)c1ccn(-c2ccc(NS(=O)(=O)c3cc(C(=O)OC)ccc3Cl)cc2)n1. The van der Waals surface area contributed by atoms with Crippen LogP contribution < -0.4 is 4.72 Å².